The summed E-state index contributed by atoms with van der Waals surface area (Å²) in [5.41, 5.74) is 9.45. The maximum atomic E-state index is 12.3. The summed E-state index contributed by atoms with van der Waals surface area (Å²) < 4.78 is 0. The number of para-hydroxylation sites is 1. The summed E-state index contributed by atoms with van der Waals surface area (Å²) in [4.78, 5) is 19.1. The van der Waals surface area contributed by atoms with Gasteiger partial charge in [-0.2, -0.15) is 0 Å². The van der Waals surface area contributed by atoms with Crippen LogP contribution in [0.25, 0.3) is 0 Å². The van der Waals surface area contributed by atoms with E-state index in [1.54, 1.807) is 4.90 Å². The van der Waals surface area contributed by atoms with E-state index in [4.69, 9.17) is 5.73 Å². The Morgan fingerprint density at radius 1 is 0.875 bits per heavy atom. The number of carbonyl (C=O) groups is 1. The molecule has 2 aromatic carbocycles. The lowest BCUT2D eigenvalue weighted by Gasteiger charge is -2.34. The van der Waals surface area contributed by atoms with Crippen LogP contribution in [0.1, 0.15) is 43.2 Å². The zero-order valence-electron chi connectivity index (χ0n) is 19.3. The lowest BCUT2D eigenvalue weighted by molar-refractivity contribution is 0.177. The maximum absolute atomic E-state index is 12.3. The molecule has 5 heteroatoms. The number of carbonyl (C=O) groups excluding carboxylic acids is 1. The number of nitrogens with zero attached hydrogens (tertiary/aromatic N) is 3. The second-order valence-corrected chi connectivity index (χ2v) is 9.43. The zero-order valence-corrected chi connectivity index (χ0v) is 19.3. The van der Waals surface area contributed by atoms with Gasteiger partial charge >= 0.3 is 6.03 Å². The Hall–Kier alpha value is -2.37. The Labute approximate surface area is 193 Å². The number of nitrogens with two attached hydrogens (primary N) is 1. The maximum Gasteiger partial charge on any atom is 0.319 e. The molecule has 2 heterocycles. The quantitative estimate of drug-likeness (QED) is 0.665. The van der Waals surface area contributed by atoms with Crippen LogP contribution in [-0.4, -0.2) is 55.1 Å². The number of amides is 2. The minimum Gasteiger partial charge on any atom is -0.351 e. The third-order valence-corrected chi connectivity index (χ3v) is 7.11. The number of urea groups is 1. The van der Waals surface area contributed by atoms with Crippen molar-refractivity contribution in [2.75, 3.05) is 44.2 Å². The first-order valence-corrected chi connectivity index (χ1v) is 12.3. The van der Waals surface area contributed by atoms with Crippen molar-refractivity contribution < 1.29 is 4.79 Å². The normalized spacial score (nSPS) is 18.5. The summed E-state index contributed by atoms with van der Waals surface area (Å²) in [6, 6.07) is 18.8. The van der Waals surface area contributed by atoms with Crippen molar-refractivity contribution in [2.45, 2.75) is 45.1 Å². The predicted octanol–water partition coefficient (Wildman–Crippen LogP) is 4.51. The molecular weight excluding hydrogens is 396 g/mol. The number of anilines is 1. The summed E-state index contributed by atoms with van der Waals surface area (Å²) in [5.74, 6) is 0.760. The Balaban J connectivity index is 1.34. The number of benzene rings is 2. The lowest BCUT2D eigenvalue weighted by Crippen LogP contribution is -2.43. The van der Waals surface area contributed by atoms with E-state index >= 15 is 0 Å². The van der Waals surface area contributed by atoms with Gasteiger partial charge in [-0.3, -0.25) is 9.80 Å². The van der Waals surface area contributed by atoms with Gasteiger partial charge in [0.25, 0.3) is 0 Å². The summed E-state index contributed by atoms with van der Waals surface area (Å²) >= 11 is 0. The monoisotopic (exact) mass is 434 g/mol. The molecule has 0 saturated carbocycles. The average molecular weight is 435 g/mol. The van der Waals surface area contributed by atoms with Crippen molar-refractivity contribution in [1.82, 2.24) is 9.80 Å². The molecule has 0 aromatic heterocycles. The Bertz CT molecular complexity index is 842. The molecular formula is C27H38N4O. The van der Waals surface area contributed by atoms with Crippen molar-refractivity contribution in [1.29, 1.82) is 0 Å². The van der Waals surface area contributed by atoms with Crippen LogP contribution in [0.2, 0.25) is 0 Å². The molecule has 0 unspecified atom stereocenters. The Kier molecular flexibility index (Phi) is 8.18. The fraction of sp³-hybridized carbons (Fsp3) is 0.519. The highest BCUT2D eigenvalue weighted by atomic mass is 16.2. The highest BCUT2D eigenvalue weighted by molar-refractivity contribution is 5.91. The third kappa shape index (κ3) is 6.33. The van der Waals surface area contributed by atoms with Crippen LogP contribution in [0.5, 0.6) is 0 Å². The summed E-state index contributed by atoms with van der Waals surface area (Å²) in [6.07, 6.45) is 7.47. The van der Waals surface area contributed by atoms with Crippen molar-refractivity contribution in [3.63, 3.8) is 0 Å². The van der Waals surface area contributed by atoms with E-state index in [9.17, 15) is 4.79 Å². The van der Waals surface area contributed by atoms with Gasteiger partial charge in [0.15, 0.2) is 0 Å². The number of hydrogen-bond acceptors (Lipinski definition) is 3. The molecule has 0 radical (unpaired) electrons. The molecule has 4 rings (SSSR count). The molecule has 0 atom stereocenters. The van der Waals surface area contributed by atoms with E-state index in [1.807, 2.05) is 6.07 Å². The van der Waals surface area contributed by atoms with Crippen LogP contribution >= 0.6 is 0 Å². The molecule has 2 amide bonds. The second kappa shape index (κ2) is 11.5. The standard InChI is InChI=1S/C27H38N4O/c28-27(32)31(20-19-29-15-7-2-8-16-29)26-12-6-5-11-25(26)22-30-17-13-24(14-18-30)21-23-9-3-1-4-10-23/h1,3-6,9-12,24H,2,7-8,13-22H2,(H2,28,32). The van der Waals surface area contributed by atoms with Crippen LogP contribution < -0.4 is 10.6 Å². The van der Waals surface area contributed by atoms with Crippen molar-refractivity contribution in [3.8, 4) is 0 Å². The van der Waals surface area contributed by atoms with Crippen molar-refractivity contribution >= 4 is 11.7 Å². The zero-order chi connectivity index (χ0) is 22.2. The van der Waals surface area contributed by atoms with E-state index < -0.39 is 0 Å². The number of piperidine rings is 2. The highest BCUT2D eigenvalue weighted by Crippen LogP contribution is 2.26. The van der Waals surface area contributed by atoms with Crippen molar-refractivity contribution in [2.24, 2.45) is 11.7 Å². The summed E-state index contributed by atoms with van der Waals surface area (Å²) in [6.45, 7) is 6.90. The van der Waals surface area contributed by atoms with Crippen LogP contribution in [0.3, 0.4) is 0 Å². The first kappa shape index (κ1) is 22.8. The topological polar surface area (TPSA) is 52.8 Å². The van der Waals surface area contributed by atoms with Gasteiger partial charge in [-0.15, -0.1) is 0 Å². The summed E-state index contributed by atoms with van der Waals surface area (Å²) in [5, 5.41) is 0. The molecule has 0 aliphatic carbocycles. The second-order valence-electron chi connectivity index (χ2n) is 9.43. The highest BCUT2D eigenvalue weighted by Gasteiger charge is 2.23. The van der Waals surface area contributed by atoms with Gasteiger partial charge in [0.2, 0.25) is 0 Å². The minimum absolute atomic E-state index is 0.351. The fourth-order valence-electron chi connectivity index (χ4n) is 5.22. The van der Waals surface area contributed by atoms with E-state index in [0.717, 1.165) is 50.9 Å². The molecule has 2 N–H and O–H groups in total. The van der Waals surface area contributed by atoms with Gasteiger partial charge < -0.3 is 10.6 Å². The van der Waals surface area contributed by atoms with E-state index in [2.05, 4.69) is 58.3 Å². The first-order valence-electron chi connectivity index (χ1n) is 12.3. The molecule has 2 fully saturated rings. The molecule has 2 saturated heterocycles. The number of hydrogen-bond donors (Lipinski definition) is 1. The molecule has 0 spiro atoms. The first-order chi connectivity index (χ1) is 15.7. The van der Waals surface area contributed by atoms with E-state index in [1.165, 1.54) is 49.7 Å². The van der Waals surface area contributed by atoms with Gasteiger partial charge in [0, 0.05) is 25.3 Å². The minimum atomic E-state index is -0.351. The van der Waals surface area contributed by atoms with Gasteiger partial charge in [-0.1, -0.05) is 55.0 Å². The SMILES string of the molecule is NC(=O)N(CCN1CCCCC1)c1ccccc1CN1CCC(Cc2ccccc2)CC1. The lowest BCUT2D eigenvalue weighted by atomic mass is 9.90. The number of likely N-dealkylation sites (tertiary alicyclic amines) is 2. The van der Waals surface area contributed by atoms with Gasteiger partial charge in [0.1, 0.15) is 0 Å². The van der Waals surface area contributed by atoms with Gasteiger partial charge in [-0.05, 0) is 81.4 Å². The average Bonchev–Trinajstić information content (AvgIpc) is 2.83. The van der Waals surface area contributed by atoms with Crippen LogP contribution in [-0.2, 0) is 13.0 Å². The third-order valence-electron chi connectivity index (χ3n) is 7.11. The van der Waals surface area contributed by atoms with E-state index in [-0.39, 0.29) is 6.03 Å². The van der Waals surface area contributed by atoms with Gasteiger partial charge in [-0.25, -0.2) is 4.79 Å². The Morgan fingerprint density at radius 2 is 1.56 bits per heavy atom. The van der Waals surface area contributed by atoms with E-state index in [0.29, 0.717) is 6.54 Å². The summed E-state index contributed by atoms with van der Waals surface area (Å²) in [7, 11) is 0. The molecule has 0 bridgehead atoms. The fourth-order valence-corrected chi connectivity index (χ4v) is 5.22. The smallest absolute Gasteiger partial charge is 0.319 e. The number of rotatable bonds is 8. The van der Waals surface area contributed by atoms with Crippen LogP contribution in [0, 0.1) is 5.92 Å². The molecule has 5 nitrogen and oxygen atoms in total. The van der Waals surface area contributed by atoms with Crippen molar-refractivity contribution in [3.05, 3.63) is 65.7 Å². The molecule has 32 heavy (non-hydrogen) atoms. The van der Waals surface area contributed by atoms with Crippen LogP contribution in [0.15, 0.2) is 54.6 Å². The van der Waals surface area contributed by atoms with Gasteiger partial charge in [0.05, 0.1) is 0 Å². The molecule has 2 aromatic rings. The largest absolute Gasteiger partial charge is 0.351 e. The molecule has 172 valence electrons. The number of primary amides is 1. The predicted molar refractivity (Wildman–Crippen MR) is 132 cm³/mol. The Morgan fingerprint density at radius 3 is 2.28 bits per heavy atom. The molecule has 2 aliphatic heterocycles. The molecule has 2 aliphatic rings. The van der Waals surface area contributed by atoms with Crippen LogP contribution in [0.4, 0.5) is 10.5 Å².